The highest BCUT2D eigenvalue weighted by atomic mass is 35.5. The number of primary sulfonamides is 1. The van der Waals surface area contributed by atoms with Gasteiger partial charge in [0.25, 0.3) is 0 Å². The molecule has 0 aliphatic rings. The van der Waals surface area contributed by atoms with Gasteiger partial charge in [-0.3, -0.25) is 9.48 Å². The van der Waals surface area contributed by atoms with E-state index in [9.17, 15) is 13.2 Å². The molecule has 8 nitrogen and oxygen atoms in total. The lowest BCUT2D eigenvalue weighted by Crippen LogP contribution is -2.37. The average Bonchev–Trinajstić information content (AvgIpc) is 3.07. The molecule has 0 bridgehead atoms. The van der Waals surface area contributed by atoms with Crippen LogP contribution in [0.5, 0.6) is 0 Å². The van der Waals surface area contributed by atoms with Gasteiger partial charge in [-0.1, -0.05) is 30.3 Å². The van der Waals surface area contributed by atoms with E-state index in [2.05, 4.69) is 5.10 Å². The Labute approximate surface area is 159 Å². The van der Waals surface area contributed by atoms with E-state index in [0.29, 0.717) is 19.6 Å². The zero-order valence-electron chi connectivity index (χ0n) is 14.3. The van der Waals surface area contributed by atoms with Crippen molar-refractivity contribution in [2.75, 3.05) is 19.6 Å². The van der Waals surface area contributed by atoms with Crippen molar-refractivity contribution in [3.63, 3.8) is 0 Å². The zero-order chi connectivity index (χ0) is 18.3. The van der Waals surface area contributed by atoms with E-state index in [0.717, 1.165) is 12.0 Å². The molecule has 0 aliphatic carbocycles. The number of nitrogens with zero attached hydrogens (tertiary/aromatic N) is 3. The summed E-state index contributed by atoms with van der Waals surface area (Å²) >= 11 is 0. The summed E-state index contributed by atoms with van der Waals surface area (Å²) in [6.07, 6.45) is 3.46. The summed E-state index contributed by atoms with van der Waals surface area (Å²) in [7, 11) is -3.78. The Bertz CT molecular complexity index is 795. The second-order valence-corrected chi connectivity index (χ2v) is 7.20. The fourth-order valence-electron chi connectivity index (χ4n) is 2.41. The highest BCUT2D eigenvalue weighted by Crippen LogP contribution is 2.06. The van der Waals surface area contributed by atoms with Crippen molar-refractivity contribution in [2.45, 2.75) is 24.3 Å². The van der Waals surface area contributed by atoms with Crippen molar-refractivity contribution in [3.8, 4) is 0 Å². The van der Waals surface area contributed by atoms with Crippen LogP contribution in [0.15, 0.2) is 47.6 Å². The molecule has 0 radical (unpaired) electrons. The Balaban J connectivity index is 0.00000338. The van der Waals surface area contributed by atoms with Gasteiger partial charge in [-0.15, -0.1) is 12.4 Å². The second kappa shape index (κ2) is 10.3. The van der Waals surface area contributed by atoms with Crippen LogP contribution >= 0.6 is 12.4 Å². The lowest BCUT2D eigenvalue weighted by atomic mass is 10.1. The Morgan fingerprint density at radius 3 is 2.46 bits per heavy atom. The van der Waals surface area contributed by atoms with Crippen LogP contribution in [0.4, 0.5) is 0 Å². The quantitative estimate of drug-likeness (QED) is 0.628. The first-order valence-electron chi connectivity index (χ1n) is 7.97. The number of halogens is 1. The van der Waals surface area contributed by atoms with Crippen LogP contribution in [-0.4, -0.2) is 48.6 Å². The molecule has 0 fully saturated rings. The first kappa shape index (κ1) is 22.1. The molecule has 10 heteroatoms. The minimum absolute atomic E-state index is 0. The molecule has 0 unspecified atom stereocenters. The van der Waals surface area contributed by atoms with E-state index in [4.69, 9.17) is 10.9 Å². The lowest BCUT2D eigenvalue weighted by Gasteiger charge is -2.22. The summed E-state index contributed by atoms with van der Waals surface area (Å²) in [5, 5.41) is 8.95. The fourth-order valence-corrected chi connectivity index (χ4v) is 2.87. The molecule has 1 amide bonds. The molecule has 26 heavy (non-hydrogen) atoms. The van der Waals surface area contributed by atoms with Gasteiger partial charge in [-0.05, 0) is 12.0 Å². The number of hydrogen-bond acceptors (Lipinski definition) is 5. The van der Waals surface area contributed by atoms with Gasteiger partial charge in [-0.25, -0.2) is 13.6 Å². The zero-order valence-corrected chi connectivity index (χ0v) is 16.0. The smallest absolute Gasteiger partial charge is 0.241 e. The molecule has 0 saturated carbocycles. The van der Waals surface area contributed by atoms with Crippen molar-refractivity contribution in [1.29, 1.82) is 0 Å². The molecule has 1 heterocycles. The molecule has 0 saturated heterocycles. The van der Waals surface area contributed by atoms with Crippen LogP contribution in [0, 0.1) is 0 Å². The largest absolute Gasteiger partial charge is 0.341 e. The molecule has 2 aromatic rings. The number of aryl methyl sites for hydroxylation is 1. The van der Waals surface area contributed by atoms with Crippen LogP contribution < -0.4 is 10.9 Å². The molecule has 2 rings (SSSR count). The maximum atomic E-state index is 12.4. The van der Waals surface area contributed by atoms with Crippen molar-refractivity contribution in [1.82, 2.24) is 14.7 Å². The van der Waals surface area contributed by atoms with Crippen molar-refractivity contribution < 1.29 is 13.2 Å². The minimum atomic E-state index is -3.78. The first-order chi connectivity index (χ1) is 11.9. The number of amides is 1. The van der Waals surface area contributed by atoms with E-state index >= 15 is 0 Å². The summed E-state index contributed by atoms with van der Waals surface area (Å²) < 4.78 is 23.9. The van der Waals surface area contributed by atoms with Crippen molar-refractivity contribution in [3.05, 3.63) is 48.3 Å². The third-order valence-corrected chi connectivity index (χ3v) is 4.63. The predicted octanol–water partition coefficient (Wildman–Crippen LogP) is 0.372. The molecular weight excluding hydrogens is 378 g/mol. The Morgan fingerprint density at radius 2 is 1.88 bits per heavy atom. The number of aromatic nitrogens is 2. The standard InChI is InChI=1S/C16H23N5O3S.ClH/c17-8-11-20(9-6-14-4-2-1-3-5-14)16(22)7-10-21-13-15(12-19-21)25(18,23)24;/h1-5,12-13H,6-11,17H2,(H2,18,23,24);1H. The number of nitrogens with two attached hydrogens (primary N) is 2. The van der Waals surface area contributed by atoms with Gasteiger partial charge in [0, 0.05) is 38.8 Å². The highest BCUT2D eigenvalue weighted by molar-refractivity contribution is 7.89. The molecular formula is C16H24ClN5O3S. The van der Waals surface area contributed by atoms with E-state index in [1.54, 1.807) is 4.90 Å². The SMILES string of the molecule is Cl.NCCN(CCc1ccccc1)C(=O)CCn1cc(S(N)(=O)=O)cn1. The Hall–Kier alpha value is -1.94. The summed E-state index contributed by atoms with van der Waals surface area (Å²) in [4.78, 5) is 14.1. The summed E-state index contributed by atoms with van der Waals surface area (Å²) in [6.45, 7) is 1.73. The normalized spacial score (nSPS) is 11.0. The van der Waals surface area contributed by atoms with Crippen molar-refractivity contribution >= 4 is 28.3 Å². The number of carbonyl (C=O) groups excluding carboxylic acids is 1. The van der Waals surface area contributed by atoms with E-state index in [1.165, 1.54) is 17.1 Å². The van der Waals surface area contributed by atoms with Crippen LogP contribution in [0.1, 0.15) is 12.0 Å². The number of hydrogen-bond donors (Lipinski definition) is 2. The van der Waals surface area contributed by atoms with Crippen molar-refractivity contribution in [2.24, 2.45) is 10.9 Å². The second-order valence-electron chi connectivity index (χ2n) is 5.64. The van der Waals surface area contributed by atoms with Gasteiger partial charge in [0.15, 0.2) is 0 Å². The summed E-state index contributed by atoms with van der Waals surface area (Å²) in [6, 6.07) is 9.91. The monoisotopic (exact) mass is 401 g/mol. The number of rotatable bonds is 9. The average molecular weight is 402 g/mol. The lowest BCUT2D eigenvalue weighted by molar-refractivity contribution is -0.131. The third kappa shape index (κ3) is 6.75. The van der Waals surface area contributed by atoms with Gasteiger partial charge in [0.1, 0.15) is 4.90 Å². The van der Waals surface area contributed by atoms with Crippen LogP contribution in [0.2, 0.25) is 0 Å². The minimum Gasteiger partial charge on any atom is -0.341 e. The van der Waals surface area contributed by atoms with Gasteiger partial charge >= 0.3 is 0 Å². The molecule has 1 aromatic heterocycles. The molecule has 4 N–H and O–H groups in total. The van der Waals surface area contributed by atoms with Gasteiger partial charge in [0.2, 0.25) is 15.9 Å². The fraction of sp³-hybridized carbons (Fsp3) is 0.375. The van der Waals surface area contributed by atoms with Crippen LogP contribution in [0.25, 0.3) is 0 Å². The number of sulfonamides is 1. The predicted molar refractivity (Wildman–Crippen MR) is 101 cm³/mol. The highest BCUT2D eigenvalue weighted by Gasteiger charge is 2.15. The summed E-state index contributed by atoms with van der Waals surface area (Å²) in [5.41, 5.74) is 6.76. The molecule has 0 spiro atoms. The maximum absolute atomic E-state index is 12.4. The first-order valence-corrected chi connectivity index (χ1v) is 9.52. The van der Waals surface area contributed by atoms with Crippen LogP contribution in [0.3, 0.4) is 0 Å². The molecule has 1 aromatic carbocycles. The topological polar surface area (TPSA) is 124 Å². The number of carbonyl (C=O) groups is 1. The van der Waals surface area contributed by atoms with Gasteiger partial charge in [-0.2, -0.15) is 5.10 Å². The molecule has 144 valence electrons. The number of benzene rings is 1. The molecule has 0 aliphatic heterocycles. The molecule has 0 atom stereocenters. The third-order valence-electron chi connectivity index (χ3n) is 3.76. The van der Waals surface area contributed by atoms with E-state index in [-0.39, 0.29) is 36.2 Å². The van der Waals surface area contributed by atoms with Crippen LogP contribution in [-0.2, 0) is 27.8 Å². The van der Waals surface area contributed by atoms with E-state index < -0.39 is 10.0 Å². The summed E-state index contributed by atoms with van der Waals surface area (Å²) in [5.74, 6) is -0.0472. The maximum Gasteiger partial charge on any atom is 0.241 e. The van der Waals surface area contributed by atoms with Gasteiger partial charge < -0.3 is 10.6 Å². The van der Waals surface area contributed by atoms with Gasteiger partial charge in [0.05, 0.1) is 6.20 Å². The Kier molecular flexibility index (Phi) is 8.73. The van der Waals surface area contributed by atoms with E-state index in [1.807, 2.05) is 30.3 Å². The Morgan fingerprint density at radius 1 is 1.19 bits per heavy atom.